The summed E-state index contributed by atoms with van der Waals surface area (Å²) in [7, 11) is 0. The number of anilines is 1. The molecule has 1 amide bonds. The fourth-order valence-corrected chi connectivity index (χ4v) is 3.57. The van der Waals surface area contributed by atoms with Gasteiger partial charge in [-0.25, -0.2) is 0 Å². The zero-order valence-corrected chi connectivity index (χ0v) is 13.5. The molecular weight excluding hydrogens is 314 g/mol. The number of fused-ring (bicyclic) bond motifs is 1. The summed E-state index contributed by atoms with van der Waals surface area (Å²) in [6, 6.07) is 7.75. The molecule has 1 unspecified atom stereocenters. The van der Waals surface area contributed by atoms with Crippen molar-refractivity contribution in [2.75, 3.05) is 11.9 Å². The van der Waals surface area contributed by atoms with E-state index in [4.69, 9.17) is 0 Å². The zero-order chi connectivity index (χ0) is 16.4. The fourth-order valence-electron chi connectivity index (χ4n) is 2.68. The van der Waals surface area contributed by atoms with Gasteiger partial charge in [0.15, 0.2) is 0 Å². The van der Waals surface area contributed by atoms with Crippen LogP contribution >= 0.6 is 11.3 Å². The first-order valence-electron chi connectivity index (χ1n) is 7.39. The highest BCUT2D eigenvalue weighted by atomic mass is 32.1. The number of nitrogens with one attached hydrogen (secondary N) is 1. The summed E-state index contributed by atoms with van der Waals surface area (Å²) in [5, 5.41) is 15.6. The molecular formula is C16H17N3O3S. The number of thiophene rings is 1. The lowest BCUT2D eigenvalue weighted by Gasteiger charge is -2.31. The number of non-ortho nitro benzene ring substituents is 1. The molecule has 1 atom stereocenters. The number of hydrogen-bond donors (Lipinski definition) is 1. The largest absolute Gasteiger partial charge is 0.325 e. The van der Waals surface area contributed by atoms with E-state index in [1.807, 2.05) is 6.92 Å². The molecule has 3 rings (SSSR count). The standard InChI is InChI=1S/C16H17N3O3S/c1-11(18-8-6-15-12(10-18)7-9-23-15)16(20)17-13-2-4-14(5-3-13)19(21)22/h2-5,7,9,11H,6,8,10H2,1H3,(H,17,20). The molecule has 1 aliphatic heterocycles. The van der Waals surface area contributed by atoms with E-state index < -0.39 is 4.92 Å². The molecule has 1 N–H and O–H groups in total. The van der Waals surface area contributed by atoms with Gasteiger partial charge in [0.05, 0.1) is 11.0 Å². The maximum Gasteiger partial charge on any atom is 0.269 e. The molecule has 6 nitrogen and oxygen atoms in total. The molecule has 1 aromatic carbocycles. The Bertz CT molecular complexity index is 726. The summed E-state index contributed by atoms with van der Waals surface area (Å²) in [5.41, 5.74) is 1.88. The van der Waals surface area contributed by atoms with E-state index in [2.05, 4.69) is 21.7 Å². The zero-order valence-electron chi connectivity index (χ0n) is 12.7. The van der Waals surface area contributed by atoms with Gasteiger partial charge >= 0.3 is 0 Å². The van der Waals surface area contributed by atoms with Crippen molar-refractivity contribution in [3.8, 4) is 0 Å². The number of rotatable bonds is 4. The van der Waals surface area contributed by atoms with Gasteiger partial charge in [0.1, 0.15) is 0 Å². The van der Waals surface area contributed by atoms with Gasteiger partial charge in [0, 0.05) is 35.8 Å². The third kappa shape index (κ3) is 3.40. The maximum absolute atomic E-state index is 12.4. The van der Waals surface area contributed by atoms with Crippen molar-refractivity contribution >= 4 is 28.6 Å². The first kappa shape index (κ1) is 15.6. The lowest BCUT2D eigenvalue weighted by atomic mass is 10.1. The van der Waals surface area contributed by atoms with Crippen molar-refractivity contribution in [3.05, 3.63) is 56.3 Å². The summed E-state index contributed by atoms with van der Waals surface area (Å²) in [5.74, 6) is -0.0995. The van der Waals surface area contributed by atoms with Crippen LogP contribution in [0.5, 0.6) is 0 Å². The first-order chi connectivity index (χ1) is 11.0. The van der Waals surface area contributed by atoms with Gasteiger partial charge in [-0.1, -0.05) is 0 Å². The minimum Gasteiger partial charge on any atom is -0.325 e. The Labute approximate surface area is 137 Å². The lowest BCUT2D eigenvalue weighted by Crippen LogP contribution is -2.44. The number of nitro groups is 1. The van der Waals surface area contributed by atoms with Gasteiger partial charge in [0.25, 0.3) is 5.69 Å². The average Bonchev–Trinajstić information content (AvgIpc) is 3.02. The van der Waals surface area contributed by atoms with Crippen LogP contribution in [-0.2, 0) is 17.8 Å². The number of amides is 1. The predicted molar refractivity (Wildman–Crippen MR) is 89.6 cm³/mol. The van der Waals surface area contributed by atoms with Crippen LogP contribution in [0.25, 0.3) is 0 Å². The summed E-state index contributed by atoms with van der Waals surface area (Å²) in [4.78, 5) is 26.1. The topological polar surface area (TPSA) is 75.5 Å². The van der Waals surface area contributed by atoms with Crippen LogP contribution in [0.2, 0.25) is 0 Å². The second-order valence-corrected chi connectivity index (χ2v) is 6.56. The Morgan fingerprint density at radius 1 is 1.35 bits per heavy atom. The van der Waals surface area contributed by atoms with Crippen molar-refractivity contribution in [2.24, 2.45) is 0 Å². The fraction of sp³-hybridized carbons (Fsp3) is 0.312. The minimum atomic E-state index is -0.458. The molecule has 0 saturated heterocycles. The van der Waals surface area contributed by atoms with E-state index in [1.54, 1.807) is 23.5 Å². The molecule has 0 radical (unpaired) electrons. The van der Waals surface area contributed by atoms with E-state index >= 15 is 0 Å². The van der Waals surface area contributed by atoms with Crippen LogP contribution in [0.1, 0.15) is 17.4 Å². The van der Waals surface area contributed by atoms with Gasteiger partial charge in [0.2, 0.25) is 5.91 Å². The van der Waals surface area contributed by atoms with Crippen LogP contribution in [0.15, 0.2) is 35.7 Å². The Kier molecular flexibility index (Phi) is 4.40. The Morgan fingerprint density at radius 3 is 2.78 bits per heavy atom. The third-order valence-electron chi connectivity index (χ3n) is 4.11. The molecule has 0 bridgehead atoms. The Hall–Kier alpha value is -2.25. The number of nitrogens with zero attached hydrogens (tertiary/aromatic N) is 2. The lowest BCUT2D eigenvalue weighted by molar-refractivity contribution is -0.384. The van der Waals surface area contributed by atoms with Crippen molar-refractivity contribution in [1.29, 1.82) is 0 Å². The van der Waals surface area contributed by atoms with E-state index in [0.717, 1.165) is 19.5 Å². The van der Waals surface area contributed by atoms with Gasteiger partial charge in [-0.05, 0) is 42.5 Å². The van der Waals surface area contributed by atoms with E-state index in [1.165, 1.54) is 22.6 Å². The smallest absolute Gasteiger partial charge is 0.269 e. The predicted octanol–water partition coefficient (Wildman–Crippen LogP) is 3.04. The minimum absolute atomic E-state index is 0.0112. The van der Waals surface area contributed by atoms with Crippen molar-refractivity contribution in [3.63, 3.8) is 0 Å². The maximum atomic E-state index is 12.4. The molecule has 0 aliphatic carbocycles. The van der Waals surface area contributed by atoms with Crippen LogP contribution in [0.3, 0.4) is 0 Å². The van der Waals surface area contributed by atoms with E-state index in [0.29, 0.717) is 5.69 Å². The Balaban J connectivity index is 1.63. The SMILES string of the molecule is CC(C(=O)Nc1ccc([N+](=O)[O-])cc1)N1CCc2sccc2C1. The second-order valence-electron chi connectivity index (χ2n) is 5.56. The van der Waals surface area contributed by atoms with Crippen LogP contribution in [-0.4, -0.2) is 28.3 Å². The molecule has 7 heteroatoms. The van der Waals surface area contributed by atoms with Gasteiger partial charge in [-0.15, -0.1) is 11.3 Å². The third-order valence-corrected chi connectivity index (χ3v) is 5.13. The molecule has 0 spiro atoms. The first-order valence-corrected chi connectivity index (χ1v) is 8.27. The van der Waals surface area contributed by atoms with Crippen molar-refractivity contribution in [1.82, 2.24) is 4.90 Å². The molecule has 23 heavy (non-hydrogen) atoms. The average molecular weight is 331 g/mol. The molecule has 2 heterocycles. The van der Waals surface area contributed by atoms with E-state index in [9.17, 15) is 14.9 Å². The second kappa shape index (κ2) is 6.47. The highest BCUT2D eigenvalue weighted by molar-refractivity contribution is 7.10. The molecule has 1 aromatic heterocycles. The van der Waals surface area contributed by atoms with Gasteiger partial charge in [-0.3, -0.25) is 19.8 Å². The van der Waals surface area contributed by atoms with E-state index in [-0.39, 0.29) is 17.6 Å². The van der Waals surface area contributed by atoms with Gasteiger partial charge in [-0.2, -0.15) is 0 Å². The number of benzene rings is 1. The number of carbonyl (C=O) groups excluding carboxylic acids is 1. The molecule has 2 aromatic rings. The van der Waals surface area contributed by atoms with Gasteiger partial charge < -0.3 is 5.32 Å². The summed E-state index contributed by atoms with van der Waals surface area (Å²) < 4.78 is 0. The summed E-state index contributed by atoms with van der Waals surface area (Å²) in [6.45, 7) is 3.54. The number of carbonyl (C=O) groups is 1. The van der Waals surface area contributed by atoms with Crippen LogP contribution in [0, 0.1) is 10.1 Å². The number of hydrogen-bond acceptors (Lipinski definition) is 5. The number of nitro benzene ring substituents is 1. The van der Waals surface area contributed by atoms with Crippen molar-refractivity contribution < 1.29 is 9.72 Å². The summed E-state index contributed by atoms with van der Waals surface area (Å²) in [6.07, 6.45) is 0.974. The molecule has 120 valence electrons. The molecule has 1 aliphatic rings. The Morgan fingerprint density at radius 2 is 2.09 bits per heavy atom. The molecule has 0 fully saturated rings. The van der Waals surface area contributed by atoms with Crippen LogP contribution < -0.4 is 5.32 Å². The summed E-state index contributed by atoms with van der Waals surface area (Å²) >= 11 is 1.77. The van der Waals surface area contributed by atoms with Crippen LogP contribution in [0.4, 0.5) is 11.4 Å². The molecule has 0 saturated carbocycles. The quantitative estimate of drug-likeness (QED) is 0.690. The normalized spacial score (nSPS) is 15.7. The highest BCUT2D eigenvalue weighted by Gasteiger charge is 2.25. The highest BCUT2D eigenvalue weighted by Crippen LogP contribution is 2.25. The van der Waals surface area contributed by atoms with Crippen molar-refractivity contribution in [2.45, 2.75) is 25.9 Å². The monoisotopic (exact) mass is 331 g/mol.